The van der Waals surface area contributed by atoms with Crippen molar-refractivity contribution in [1.82, 2.24) is 0 Å². The Bertz CT molecular complexity index is 4730. The van der Waals surface area contributed by atoms with Gasteiger partial charge in [-0.05, 0) is 220 Å². The van der Waals surface area contributed by atoms with Crippen LogP contribution in [0.3, 0.4) is 0 Å². The van der Waals surface area contributed by atoms with Crippen molar-refractivity contribution in [2.45, 2.75) is 79.1 Å². The molecule has 0 atom stereocenters. The Morgan fingerprint density at radius 1 is 0.203 bits per heavy atom. The third kappa shape index (κ3) is 5.24. The molecule has 0 N–H and O–H groups in total. The van der Waals surface area contributed by atoms with Gasteiger partial charge in [-0.3, -0.25) is 0 Å². The Morgan fingerprint density at radius 3 is 0.770 bits per heavy atom. The van der Waals surface area contributed by atoms with Crippen LogP contribution in [0.15, 0.2) is 170 Å². The van der Waals surface area contributed by atoms with Crippen LogP contribution >= 0.6 is 0 Å². The van der Waals surface area contributed by atoms with Crippen LogP contribution < -0.4 is 0 Å². The fourth-order valence-corrected chi connectivity index (χ4v) is 15.0. The maximum Gasteiger partial charge on any atom is -0.000740 e. The summed E-state index contributed by atoms with van der Waals surface area (Å²) in [6.45, 7) is 18.9. The molecule has 0 fully saturated rings. The lowest BCUT2D eigenvalue weighted by atomic mass is 9.81. The van der Waals surface area contributed by atoms with Gasteiger partial charge in [-0.2, -0.15) is 0 Å². The van der Waals surface area contributed by atoms with Crippen molar-refractivity contribution < 1.29 is 0 Å². The van der Waals surface area contributed by atoms with Gasteiger partial charge in [0.05, 0.1) is 0 Å². The van der Waals surface area contributed by atoms with Gasteiger partial charge in [0.2, 0.25) is 0 Å². The van der Waals surface area contributed by atoms with Crippen LogP contribution in [-0.4, -0.2) is 0 Å². The Hall–Kier alpha value is -8.06. The first-order valence-electron chi connectivity index (χ1n) is 27.3. The van der Waals surface area contributed by atoms with E-state index in [0.717, 1.165) is 0 Å². The summed E-state index contributed by atoms with van der Waals surface area (Å²) in [6, 6.07) is 66.9. The lowest BCUT2D eigenvalue weighted by molar-refractivity contribution is 0.875. The summed E-state index contributed by atoms with van der Waals surface area (Å²) in [4.78, 5) is 0. The van der Waals surface area contributed by atoms with Gasteiger partial charge >= 0.3 is 0 Å². The zero-order valence-corrected chi connectivity index (χ0v) is 43.5. The van der Waals surface area contributed by atoms with Gasteiger partial charge < -0.3 is 0 Å². The minimum absolute atomic E-state index is 0.380. The Morgan fingerprint density at radius 2 is 0.473 bits per heavy atom. The molecule has 0 bridgehead atoms. The molecule has 0 heterocycles. The average molecular weight is 945 g/mol. The van der Waals surface area contributed by atoms with E-state index in [1.54, 1.807) is 0 Å². The van der Waals surface area contributed by atoms with E-state index in [-0.39, 0.29) is 0 Å². The molecule has 74 heavy (non-hydrogen) atoms. The molecule has 0 radical (unpaired) electrons. The first kappa shape index (κ1) is 42.4. The predicted molar refractivity (Wildman–Crippen MR) is 326 cm³/mol. The molecule has 0 aliphatic rings. The molecule has 352 valence electrons. The summed E-state index contributed by atoms with van der Waals surface area (Å²) in [5.41, 5.74) is 10.9. The lowest BCUT2D eigenvalue weighted by Crippen LogP contribution is -1.97. The molecule has 0 aliphatic heterocycles. The fraction of sp³-hybridized carbons (Fsp3) is 0.162. The van der Waals surface area contributed by atoms with E-state index in [0.29, 0.717) is 23.7 Å². The van der Waals surface area contributed by atoms with E-state index < -0.39 is 0 Å². The fourth-order valence-electron chi connectivity index (χ4n) is 15.0. The van der Waals surface area contributed by atoms with Gasteiger partial charge in [0.15, 0.2) is 0 Å². The van der Waals surface area contributed by atoms with Crippen LogP contribution in [0.2, 0.25) is 0 Å². The van der Waals surface area contributed by atoms with E-state index in [4.69, 9.17) is 0 Å². The minimum atomic E-state index is 0.380. The first-order valence-corrected chi connectivity index (χ1v) is 27.3. The molecule has 0 spiro atoms. The molecular formula is C74H56. The summed E-state index contributed by atoms with van der Waals surface area (Å²) in [5, 5.41) is 35.7. The van der Waals surface area contributed by atoms with Crippen LogP contribution in [0.5, 0.6) is 0 Å². The van der Waals surface area contributed by atoms with Crippen molar-refractivity contribution in [3.05, 3.63) is 192 Å². The topological polar surface area (TPSA) is 0 Å². The largest absolute Gasteiger partial charge is 0.0622 e. The summed E-state index contributed by atoms with van der Waals surface area (Å²) in [6.07, 6.45) is 0. The molecule has 0 saturated carbocycles. The highest BCUT2D eigenvalue weighted by atomic mass is 14.3. The zero-order valence-electron chi connectivity index (χ0n) is 43.5. The van der Waals surface area contributed by atoms with Crippen molar-refractivity contribution in [1.29, 1.82) is 0 Å². The first-order chi connectivity index (χ1) is 36.1. The smallest absolute Gasteiger partial charge is 0.000740 e. The van der Waals surface area contributed by atoms with Gasteiger partial charge in [0, 0.05) is 0 Å². The van der Waals surface area contributed by atoms with Crippen LogP contribution in [0.1, 0.15) is 101 Å². The maximum absolute atomic E-state index is 2.61. The molecule has 0 heteroatoms. The van der Waals surface area contributed by atoms with Gasteiger partial charge in [-0.1, -0.05) is 213 Å². The number of fused-ring (bicyclic) bond motifs is 11. The van der Waals surface area contributed by atoms with Crippen molar-refractivity contribution in [3.8, 4) is 22.3 Å². The second-order valence-electron chi connectivity index (χ2n) is 23.3. The Labute approximate surface area is 431 Å². The highest BCUT2D eigenvalue weighted by molar-refractivity contribution is 6.48. The summed E-state index contributed by atoms with van der Waals surface area (Å²) in [7, 11) is 0. The molecule has 0 nitrogen and oxygen atoms in total. The maximum atomic E-state index is 2.61. The summed E-state index contributed by atoms with van der Waals surface area (Å²) < 4.78 is 0. The second-order valence-corrected chi connectivity index (χ2v) is 23.3. The molecule has 0 saturated heterocycles. The Kier molecular flexibility index (Phi) is 8.49. The third-order valence-corrected chi connectivity index (χ3v) is 18.1. The summed E-state index contributed by atoms with van der Waals surface area (Å²) in [5.74, 6) is 1.55. The average Bonchev–Trinajstić information content (AvgIpc) is 3.93. The lowest BCUT2D eigenvalue weighted by Gasteiger charge is -2.22. The van der Waals surface area contributed by atoms with Crippen molar-refractivity contribution in [2.24, 2.45) is 0 Å². The second kappa shape index (κ2) is 14.8. The van der Waals surface area contributed by atoms with Crippen LogP contribution in [0.4, 0.5) is 0 Å². The number of benzene rings is 14. The van der Waals surface area contributed by atoms with Gasteiger partial charge in [-0.25, -0.2) is 0 Å². The number of rotatable bonds is 6. The quantitative estimate of drug-likeness (QED) is 0.115. The van der Waals surface area contributed by atoms with Crippen molar-refractivity contribution in [2.75, 3.05) is 0 Å². The number of hydrogen-bond acceptors (Lipinski definition) is 0. The van der Waals surface area contributed by atoms with Gasteiger partial charge in [0.25, 0.3) is 0 Å². The highest BCUT2D eigenvalue weighted by Gasteiger charge is 2.29. The van der Waals surface area contributed by atoms with E-state index in [1.165, 1.54) is 185 Å². The predicted octanol–water partition coefficient (Wildman–Crippen LogP) is 22.3. The van der Waals surface area contributed by atoms with E-state index in [2.05, 4.69) is 225 Å². The van der Waals surface area contributed by atoms with Crippen LogP contribution in [0.25, 0.3) is 162 Å². The van der Waals surface area contributed by atoms with E-state index in [1.807, 2.05) is 0 Å². The Balaban J connectivity index is 1.13. The molecular weight excluding hydrogens is 889 g/mol. The molecule has 0 amide bonds. The number of hydrogen-bond donors (Lipinski definition) is 0. The SMILES string of the molecule is CC(C)c1ccc2ccc(C(C)C)c3c4ccc5c6cc7c(-c8ccccc8)c8c9ccc%10c%11c(C(C)C)ccc%12ccc(C(C)C)c(c%13ccc(c8c(-c8ccccc8)c7cc6c6ccc(c1c23)c4c65)c9c%13%10)c%12%11. The van der Waals surface area contributed by atoms with Gasteiger partial charge in [-0.15, -0.1) is 0 Å². The van der Waals surface area contributed by atoms with Gasteiger partial charge in [0.1, 0.15) is 0 Å². The molecule has 0 aliphatic carbocycles. The molecule has 16 aromatic rings. The monoisotopic (exact) mass is 944 g/mol. The standard InChI is InChI=1S/C74H56/c1-37(2)45-23-19-43-20-24-46(38(3)4)66-52-30-28-50-58-36-60-59(35-57(58)49-27-29-51(65(45)63(43)66)70(52)69(49)50)61(41-15-11-9-12-16-41)73-55-33-31-53-67-47(39(5)6)25-21-44-22-26-48(40(7)8)68(64(44)67)54-32-34-56(72(55)71(53)54)74(73)62(60)42-17-13-10-14-18-42/h9-40H,1-8H3. The zero-order chi connectivity index (χ0) is 49.7. The molecule has 0 unspecified atom stereocenters. The normalized spacial score (nSPS) is 13.1. The van der Waals surface area contributed by atoms with E-state index in [9.17, 15) is 0 Å². The molecule has 16 rings (SSSR count). The van der Waals surface area contributed by atoms with E-state index >= 15 is 0 Å². The van der Waals surface area contributed by atoms with Crippen molar-refractivity contribution >= 4 is 140 Å². The highest BCUT2D eigenvalue weighted by Crippen LogP contribution is 2.57. The summed E-state index contributed by atoms with van der Waals surface area (Å²) >= 11 is 0. The third-order valence-electron chi connectivity index (χ3n) is 18.1. The minimum Gasteiger partial charge on any atom is -0.0622 e. The molecule has 0 aromatic heterocycles. The van der Waals surface area contributed by atoms with Crippen molar-refractivity contribution in [3.63, 3.8) is 0 Å². The van der Waals surface area contributed by atoms with Crippen LogP contribution in [0, 0.1) is 0 Å². The molecule has 16 aromatic carbocycles. The van der Waals surface area contributed by atoms with Crippen LogP contribution in [-0.2, 0) is 0 Å².